The summed E-state index contributed by atoms with van der Waals surface area (Å²) in [6.45, 7) is 2.27. The number of ether oxygens (including phenoxy) is 2. The third-order valence-corrected chi connectivity index (χ3v) is 4.29. The molecule has 0 aliphatic heterocycles. The summed E-state index contributed by atoms with van der Waals surface area (Å²) in [6.07, 6.45) is 0. The Morgan fingerprint density at radius 1 is 0.926 bits per heavy atom. The van der Waals surface area contributed by atoms with E-state index in [1.54, 1.807) is 30.3 Å². The van der Waals surface area contributed by atoms with E-state index in [0.717, 1.165) is 11.1 Å². The van der Waals surface area contributed by atoms with Crippen molar-refractivity contribution in [2.75, 3.05) is 11.9 Å². The molecule has 0 fully saturated rings. The zero-order valence-corrected chi connectivity index (χ0v) is 15.7. The van der Waals surface area contributed by atoms with Crippen LogP contribution in [0.3, 0.4) is 0 Å². The largest absolute Gasteiger partial charge is 0.489 e. The number of nitrogens with one attached hydrogen (secondary N) is 1. The highest BCUT2D eigenvalue weighted by atomic mass is 35.5. The SMILES string of the molecule is Cc1cc(OCC(=O)Nc2cccc(OCc3ccccc3)c2)ccc1Cl. The van der Waals surface area contributed by atoms with Gasteiger partial charge in [0.05, 0.1) is 0 Å². The molecule has 3 aromatic rings. The first kappa shape index (κ1) is 18.8. The first-order chi connectivity index (χ1) is 13.1. The van der Waals surface area contributed by atoms with Crippen LogP contribution in [0.4, 0.5) is 5.69 Å². The van der Waals surface area contributed by atoms with Gasteiger partial charge in [0.15, 0.2) is 6.61 Å². The van der Waals surface area contributed by atoms with Crippen LogP contribution in [0, 0.1) is 6.92 Å². The normalized spacial score (nSPS) is 10.3. The molecule has 1 amide bonds. The van der Waals surface area contributed by atoms with Crippen LogP contribution in [0.15, 0.2) is 72.8 Å². The molecule has 0 aliphatic carbocycles. The fourth-order valence-corrected chi connectivity index (χ4v) is 2.58. The molecule has 0 saturated carbocycles. The summed E-state index contributed by atoms with van der Waals surface area (Å²) in [5.41, 5.74) is 2.64. The van der Waals surface area contributed by atoms with Gasteiger partial charge >= 0.3 is 0 Å². The van der Waals surface area contributed by atoms with E-state index in [9.17, 15) is 4.79 Å². The number of aryl methyl sites for hydroxylation is 1. The van der Waals surface area contributed by atoms with Crippen molar-refractivity contribution in [1.82, 2.24) is 0 Å². The molecule has 3 aromatic carbocycles. The van der Waals surface area contributed by atoms with E-state index in [-0.39, 0.29) is 12.5 Å². The molecule has 4 nitrogen and oxygen atoms in total. The summed E-state index contributed by atoms with van der Waals surface area (Å²) >= 11 is 5.98. The Morgan fingerprint density at radius 3 is 2.48 bits per heavy atom. The zero-order chi connectivity index (χ0) is 19.1. The lowest BCUT2D eigenvalue weighted by Gasteiger charge is -2.10. The van der Waals surface area contributed by atoms with Crippen LogP contribution in [0.2, 0.25) is 5.02 Å². The van der Waals surface area contributed by atoms with E-state index in [0.29, 0.717) is 28.8 Å². The highest BCUT2D eigenvalue weighted by molar-refractivity contribution is 6.31. The van der Waals surface area contributed by atoms with Crippen LogP contribution >= 0.6 is 11.6 Å². The standard InChI is InChI=1S/C22H20ClNO3/c1-16-12-20(10-11-21(16)23)27-15-22(25)24-18-8-5-9-19(13-18)26-14-17-6-3-2-4-7-17/h2-13H,14-15H2,1H3,(H,24,25). The van der Waals surface area contributed by atoms with Gasteiger partial charge in [-0.05, 0) is 48.4 Å². The number of hydrogen-bond acceptors (Lipinski definition) is 3. The van der Waals surface area contributed by atoms with Crippen molar-refractivity contribution in [3.05, 3.63) is 88.9 Å². The van der Waals surface area contributed by atoms with Gasteiger partial charge in [0.25, 0.3) is 5.91 Å². The van der Waals surface area contributed by atoms with Gasteiger partial charge in [-0.25, -0.2) is 0 Å². The smallest absolute Gasteiger partial charge is 0.262 e. The van der Waals surface area contributed by atoms with Gasteiger partial charge in [0.2, 0.25) is 0 Å². The van der Waals surface area contributed by atoms with Gasteiger partial charge in [0, 0.05) is 16.8 Å². The minimum absolute atomic E-state index is 0.0871. The van der Waals surface area contributed by atoms with E-state index in [2.05, 4.69) is 5.32 Å². The summed E-state index contributed by atoms with van der Waals surface area (Å²) in [4.78, 5) is 12.1. The highest BCUT2D eigenvalue weighted by Crippen LogP contribution is 2.21. The molecule has 0 aliphatic rings. The van der Waals surface area contributed by atoms with Crippen molar-refractivity contribution in [3.8, 4) is 11.5 Å². The molecule has 0 spiro atoms. The lowest BCUT2D eigenvalue weighted by Crippen LogP contribution is -2.20. The Morgan fingerprint density at radius 2 is 1.70 bits per heavy atom. The molecular formula is C22H20ClNO3. The number of benzene rings is 3. The second-order valence-corrected chi connectivity index (χ2v) is 6.46. The first-order valence-electron chi connectivity index (χ1n) is 8.56. The van der Waals surface area contributed by atoms with Crippen molar-refractivity contribution in [2.45, 2.75) is 13.5 Å². The third kappa shape index (κ3) is 5.76. The summed E-state index contributed by atoms with van der Waals surface area (Å²) in [5.74, 6) is 1.04. The molecule has 1 N–H and O–H groups in total. The molecule has 0 aromatic heterocycles. The van der Waals surface area contributed by atoms with E-state index >= 15 is 0 Å². The molecule has 3 rings (SSSR count). The van der Waals surface area contributed by atoms with Crippen molar-refractivity contribution in [1.29, 1.82) is 0 Å². The minimum atomic E-state index is -0.247. The topological polar surface area (TPSA) is 47.6 Å². The van der Waals surface area contributed by atoms with Crippen LogP contribution < -0.4 is 14.8 Å². The predicted octanol–water partition coefficient (Wildman–Crippen LogP) is 5.24. The Hall–Kier alpha value is -2.98. The molecular weight excluding hydrogens is 362 g/mol. The zero-order valence-electron chi connectivity index (χ0n) is 14.9. The Labute approximate surface area is 163 Å². The summed E-state index contributed by atoms with van der Waals surface area (Å²) in [6, 6.07) is 22.5. The number of carbonyl (C=O) groups is 1. The van der Waals surface area contributed by atoms with Crippen LogP contribution in [0.5, 0.6) is 11.5 Å². The fraction of sp³-hybridized carbons (Fsp3) is 0.136. The number of rotatable bonds is 7. The van der Waals surface area contributed by atoms with E-state index in [1.165, 1.54) is 0 Å². The van der Waals surface area contributed by atoms with Gasteiger partial charge in [-0.2, -0.15) is 0 Å². The Balaban J connectivity index is 1.52. The van der Waals surface area contributed by atoms with Crippen LogP contribution in [0.1, 0.15) is 11.1 Å². The maximum Gasteiger partial charge on any atom is 0.262 e. The number of hydrogen-bond donors (Lipinski definition) is 1. The van der Waals surface area contributed by atoms with Crippen LogP contribution in [-0.4, -0.2) is 12.5 Å². The van der Waals surface area contributed by atoms with Crippen LogP contribution in [0.25, 0.3) is 0 Å². The van der Waals surface area contributed by atoms with Crippen molar-refractivity contribution in [2.24, 2.45) is 0 Å². The van der Waals surface area contributed by atoms with Gasteiger partial charge in [-0.1, -0.05) is 48.0 Å². The lowest BCUT2D eigenvalue weighted by atomic mass is 10.2. The van der Waals surface area contributed by atoms with Crippen molar-refractivity contribution < 1.29 is 14.3 Å². The van der Waals surface area contributed by atoms with Crippen LogP contribution in [-0.2, 0) is 11.4 Å². The molecule has 0 radical (unpaired) electrons. The van der Waals surface area contributed by atoms with Crippen molar-refractivity contribution >= 4 is 23.2 Å². The molecule has 0 heterocycles. The summed E-state index contributed by atoms with van der Waals surface area (Å²) in [5, 5.41) is 3.47. The average Bonchev–Trinajstić information content (AvgIpc) is 2.68. The van der Waals surface area contributed by atoms with Gasteiger partial charge in [-0.3, -0.25) is 4.79 Å². The molecule has 5 heteroatoms. The molecule has 0 bridgehead atoms. The van der Waals surface area contributed by atoms with Gasteiger partial charge in [0.1, 0.15) is 18.1 Å². The average molecular weight is 382 g/mol. The number of amides is 1. The summed E-state index contributed by atoms with van der Waals surface area (Å²) < 4.78 is 11.3. The highest BCUT2D eigenvalue weighted by Gasteiger charge is 2.06. The second-order valence-electron chi connectivity index (χ2n) is 6.05. The molecule has 27 heavy (non-hydrogen) atoms. The summed E-state index contributed by atoms with van der Waals surface area (Å²) in [7, 11) is 0. The number of halogens is 1. The molecule has 0 saturated heterocycles. The maximum absolute atomic E-state index is 12.1. The van der Waals surface area contributed by atoms with Gasteiger partial charge < -0.3 is 14.8 Å². The Kier molecular flexibility index (Phi) is 6.34. The monoisotopic (exact) mass is 381 g/mol. The minimum Gasteiger partial charge on any atom is -0.489 e. The van der Waals surface area contributed by atoms with E-state index in [4.69, 9.17) is 21.1 Å². The first-order valence-corrected chi connectivity index (χ1v) is 8.93. The van der Waals surface area contributed by atoms with E-state index in [1.807, 2.05) is 49.4 Å². The molecule has 0 atom stereocenters. The lowest BCUT2D eigenvalue weighted by molar-refractivity contribution is -0.118. The van der Waals surface area contributed by atoms with Gasteiger partial charge in [-0.15, -0.1) is 0 Å². The third-order valence-electron chi connectivity index (χ3n) is 3.87. The number of carbonyl (C=O) groups excluding carboxylic acids is 1. The fourth-order valence-electron chi connectivity index (χ4n) is 2.46. The molecule has 138 valence electrons. The predicted molar refractivity (Wildman–Crippen MR) is 108 cm³/mol. The quantitative estimate of drug-likeness (QED) is 0.608. The number of anilines is 1. The maximum atomic E-state index is 12.1. The van der Waals surface area contributed by atoms with E-state index < -0.39 is 0 Å². The second kappa shape index (κ2) is 9.10. The Bertz CT molecular complexity index is 912. The van der Waals surface area contributed by atoms with Crippen molar-refractivity contribution in [3.63, 3.8) is 0 Å². The molecule has 0 unspecified atom stereocenters.